The first-order chi connectivity index (χ1) is 42.1. The van der Waals surface area contributed by atoms with Crippen molar-refractivity contribution < 1.29 is 31.5 Å². The van der Waals surface area contributed by atoms with E-state index in [4.69, 9.17) is 12.3 Å². The second-order valence-corrected chi connectivity index (χ2v) is 44.4. The van der Waals surface area contributed by atoms with Gasteiger partial charge >= 0.3 is 446 Å². The van der Waals surface area contributed by atoms with Crippen LogP contribution in [-0.2, 0) is 31.5 Å². The topological polar surface area (TPSA) is 105 Å². The van der Waals surface area contributed by atoms with Crippen molar-refractivity contribution in [3.8, 4) is 0 Å². The molecule has 0 aliphatic heterocycles. The molecule has 0 unspecified atom stereocenters. The molecule has 8 nitrogen and oxygen atoms in total. The van der Waals surface area contributed by atoms with Crippen LogP contribution in [0.5, 0.6) is 0 Å². The first-order valence-corrected chi connectivity index (χ1v) is 51.0. The molecule has 0 fully saturated rings. The van der Waals surface area contributed by atoms with Gasteiger partial charge in [0.05, 0.1) is 0 Å². The summed E-state index contributed by atoms with van der Waals surface area (Å²) in [7, 11) is 0. The van der Waals surface area contributed by atoms with Gasteiger partial charge in [0, 0.05) is 0 Å². The van der Waals surface area contributed by atoms with Gasteiger partial charge in [-0.2, -0.15) is 0 Å². The predicted octanol–water partition coefficient (Wildman–Crippen LogP) is 26.1. The average molecular weight is 1430 g/mol. The Morgan fingerprint density at radius 2 is 0.360 bits per heavy atom. The number of carbonyl (C=O) groups is 4. The molecule has 0 spiro atoms. The van der Waals surface area contributed by atoms with Crippen molar-refractivity contribution in [3.05, 3.63) is 24.3 Å². The third-order valence-electron chi connectivity index (χ3n) is 17.1. The minimum absolute atomic E-state index is 0.109. The molecule has 0 radical (unpaired) electrons. The van der Waals surface area contributed by atoms with Crippen molar-refractivity contribution in [3.63, 3.8) is 0 Å². The second-order valence-electron chi connectivity index (χ2n) is 26.0. The monoisotopic (exact) mass is 1430 g/mol. The molecule has 0 bridgehead atoms. The Balaban J connectivity index is 0. The molecule has 0 atom stereocenters. The summed E-state index contributed by atoms with van der Waals surface area (Å²) in [6.45, 7) is 17.7. The van der Waals surface area contributed by atoms with Crippen LogP contribution in [0.3, 0.4) is 0 Å². The maximum atomic E-state index is 13.0. The van der Waals surface area contributed by atoms with Crippen molar-refractivity contribution in [2.75, 3.05) is 0 Å². The fourth-order valence-electron chi connectivity index (χ4n) is 11.4. The van der Waals surface area contributed by atoms with E-state index in [2.05, 4.69) is 79.7 Å². The van der Waals surface area contributed by atoms with E-state index in [1.807, 2.05) is 0 Å². The van der Waals surface area contributed by atoms with Gasteiger partial charge in [-0.25, -0.2) is 0 Å². The Morgan fingerprint density at radius 3 is 0.535 bits per heavy atom. The molecule has 0 aromatic rings. The van der Waals surface area contributed by atoms with E-state index in [1.165, 1.54) is 231 Å². The second kappa shape index (κ2) is 69.8. The molecule has 0 saturated heterocycles. The third-order valence-corrected chi connectivity index (χ3v) is 36.7. The molecule has 10 heteroatoms. The van der Waals surface area contributed by atoms with E-state index in [-0.39, 0.29) is 23.9 Å². The van der Waals surface area contributed by atoms with Crippen molar-refractivity contribution in [1.82, 2.24) is 0 Å². The Kier molecular flexibility index (Phi) is 70.7. The van der Waals surface area contributed by atoms with Gasteiger partial charge in [0.15, 0.2) is 0 Å². The van der Waals surface area contributed by atoms with Crippen LogP contribution < -0.4 is 0 Å². The van der Waals surface area contributed by atoms with Gasteiger partial charge in [-0.15, -0.1) is 0 Å². The van der Waals surface area contributed by atoms with Crippen LogP contribution in [0.15, 0.2) is 24.3 Å². The molecule has 0 aliphatic rings. The molecule has 0 aromatic heterocycles. The molecule has 0 amide bonds. The van der Waals surface area contributed by atoms with Crippen LogP contribution >= 0.6 is 0 Å². The van der Waals surface area contributed by atoms with Gasteiger partial charge in [0.2, 0.25) is 0 Å². The Hall–Kier alpha value is -1.04. The van der Waals surface area contributed by atoms with E-state index >= 15 is 0 Å². The summed E-state index contributed by atoms with van der Waals surface area (Å²) in [6.07, 6.45) is 73.9. The van der Waals surface area contributed by atoms with Gasteiger partial charge < -0.3 is 0 Å². The Labute approximate surface area is 546 Å². The molecule has 0 aromatic carbocycles. The third kappa shape index (κ3) is 61.8. The molecule has 508 valence electrons. The van der Waals surface area contributed by atoms with Gasteiger partial charge in [0.1, 0.15) is 0 Å². The number of carbonyl (C=O) groups excluding carboxylic acids is 4. The molecular weight excluding hydrogens is 1280 g/mol. The van der Waals surface area contributed by atoms with E-state index in [1.54, 1.807) is 0 Å². The van der Waals surface area contributed by atoms with Crippen LogP contribution in [0.2, 0.25) is 17.7 Å². The zero-order valence-corrected chi connectivity index (χ0v) is 64.7. The quantitative estimate of drug-likeness (QED) is 0.0337. The number of allylic oxidation sites excluding steroid dienone is 4. The maximum absolute atomic E-state index is 13.0. The molecule has 0 rings (SSSR count). The predicted molar refractivity (Wildman–Crippen MR) is 377 cm³/mol. The van der Waals surface area contributed by atoms with Gasteiger partial charge in [-0.3, -0.25) is 0 Å². The summed E-state index contributed by atoms with van der Waals surface area (Å²) >= 11 is -7.58. The minimum Gasteiger partial charge on any atom is -0.0654 e. The summed E-state index contributed by atoms with van der Waals surface area (Å²) in [5.74, 6) is -0.451. The van der Waals surface area contributed by atoms with Crippen LogP contribution in [0, 0.1) is 0 Å². The van der Waals surface area contributed by atoms with E-state index < -0.39 is 38.4 Å². The first kappa shape index (κ1) is 87.0. The number of hydrogen-bond donors (Lipinski definition) is 0. The molecule has 0 heterocycles. The smallest absolute Gasteiger partial charge is 0.0654 e. The van der Waals surface area contributed by atoms with Gasteiger partial charge in [0.25, 0.3) is 0 Å². The summed E-state index contributed by atoms with van der Waals surface area (Å²) in [5, 5.41) is 0. The van der Waals surface area contributed by atoms with Gasteiger partial charge in [-0.05, 0) is 12.8 Å². The molecule has 86 heavy (non-hydrogen) atoms. The summed E-state index contributed by atoms with van der Waals surface area (Å²) in [4.78, 5) is 51.7. The van der Waals surface area contributed by atoms with Crippen LogP contribution in [0.25, 0.3) is 0 Å². The number of unbranched alkanes of at least 4 members (excludes halogenated alkanes) is 42. The Bertz CT molecular complexity index is 1410. The number of rotatable bonds is 66. The summed E-state index contributed by atoms with van der Waals surface area (Å²) in [5.41, 5.74) is 0. The van der Waals surface area contributed by atoms with Crippen molar-refractivity contribution in [1.29, 1.82) is 0 Å². The average Bonchev–Trinajstić information content (AvgIpc) is 2.94. The number of hydrogen-bond acceptors (Lipinski definition) is 8. The first-order valence-electron chi connectivity index (χ1n) is 38.2. The van der Waals surface area contributed by atoms with E-state index in [0.29, 0.717) is 25.7 Å². The van der Waals surface area contributed by atoms with Gasteiger partial charge in [-0.1, -0.05) is 91.9 Å². The van der Waals surface area contributed by atoms with Crippen molar-refractivity contribution >= 4 is 62.3 Å². The van der Waals surface area contributed by atoms with E-state index in [0.717, 1.165) is 120 Å². The summed E-state index contributed by atoms with van der Waals surface area (Å²) < 4.78 is 28.2. The Morgan fingerprint density at radius 1 is 0.209 bits per heavy atom. The SMILES string of the molecule is CCCCCCCC/C=C\CCCCCCCC(=O)[O][Sn]([CH2]CCC)([CH2]CCC)[O]C(=O)CCCCCCC/C=C\CCCCCCCC.CCCCCCCCCCCC(=O)[O][Sn]([CH2]CCC)([CH2]CCC)[O]C(=O)CCCCCCCCCCC. The molecular formula is C76H148O8Sn2. The van der Waals surface area contributed by atoms with Crippen LogP contribution in [0.4, 0.5) is 0 Å². The molecule has 0 saturated carbocycles. The van der Waals surface area contributed by atoms with E-state index in [9.17, 15) is 19.2 Å². The summed E-state index contributed by atoms with van der Waals surface area (Å²) in [6, 6.07) is 0. The fourth-order valence-corrected chi connectivity index (χ4v) is 31.4. The molecule has 0 N–H and O–H groups in total. The standard InChI is InChI=1S/2C18H34O2.2C12H24O2.4C4H9.2Sn/c2*1-2-3-4-5-6-7-8-9-10-11-12-13-14-15-16-17-18(19)20;2*1-2-3-4-5-6-7-8-9-10-11-12(13)14;4*1-3-4-2;;/h2*9-10H,2-8,11-17H2,1H3,(H,19,20);2*2-11H2,1H3,(H,13,14);4*1,3-4H2,2H3;;/q;;;;;;;;2*+2/p-4/b2*10-9-;;;;;;;;. The normalized spacial score (nSPS) is 11.8. The van der Waals surface area contributed by atoms with Crippen molar-refractivity contribution in [2.24, 2.45) is 0 Å². The fraction of sp³-hybridized carbons (Fsp3) is 0.895. The minimum atomic E-state index is -3.82. The zero-order chi connectivity index (χ0) is 63.4. The zero-order valence-electron chi connectivity index (χ0n) is 59.0. The van der Waals surface area contributed by atoms with Crippen molar-refractivity contribution in [2.45, 2.75) is 433 Å². The van der Waals surface area contributed by atoms with Crippen LogP contribution in [0.1, 0.15) is 415 Å². The molecule has 0 aliphatic carbocycles. The van der Waals surface area contributed by atoms with Crippen LogP contribution in [-0.4, -0.2) is 62.3 Å².